The van der Waals surface area contributed by atoms with Crippen molar-refractivity contribution >= 4 is 11.6 Å². The van der Waals surface area contributed by atoms with Crippen LogP contribution in [0.1, 0.15) is 17.0 Å². The number of hydrogen-bond donors (Lipinski definition) is 4. The number of aromatic nitrogens is 2. The third kappa shape index (κ3) is 3.16. The van der Waals surface area contributed by atoms with Crippen molar-refractivity contribution in [1.29, 1.82) is 0 Å². The molecule has 0 bridgehead atoms. The minimum Gasteiger partial charge on any atom is -0.508 e. The number of phenolic OH excluding ortho intramolecular Hbond substituents is 1. The van der Waals surface area contributed by atoms with Gasteiger partial charge in [0.05, 0.1) is 23.1 Å². The first-order valence-electron chi connectivity index (χ1n) is 6.33. The van der Waals surface area contributed by atoms with E-state index >= 15 is 0 Å². The summed E-state index contributed by atoms with van der Waals surface area (Å²) in [6.45, 7) is 3.64. The number of H-pyrrole nitrogens is 1. The van der Waals surface area contributed by atoms with Gasteiger partial charge in [-0.2, -0.15) is 5.10 Å². The highest BCUT2D eigenvalue weighted by molar-refractivity contribution is 5.95. The molecule has 0 aliphatic heterocycles. The minimum absolute atomic E-state index is 0.191. The number of hydrogen-bond acceptors (Lipinski definition) is 4. The van der Waals surface area contributed by atoms with Crippen LogP contribution in [-0.2, 0) is 11.2 Å². The van der Waals surface area contributed by atoms with E-state index in [2.05, 4.69) is 15.5 Å². The average Bonchev–Trinajstić information content (AvgIpc) is 2.73. The first-order chi connectivity index (χ1) is 9.47. The number of carbonyl (C=O) groups is 1. The fourth-order valence-electron chi connectivity index (χ4n) is 1.93. The molecule has 2 rings (SSSR count). The molecule has 0 spiro atoms. The van der Waals surface area contributed by atoms with Crippen LogP contribution in [0.25, 0.3) is 0 Å². The van der Waals surface area contributed by atoms with Crippen molar-refractivity contribution in [3.05, 3.63) is 41.2 Å². The van der Waals surface area contributed by atoms with E-state index in [9.17, 15) is 9.90 Å². The Morgan fingerprint density at radius 3 is 2.60 bits per heavy atom. The van der Waals surface area contributed by atoms with Gasteiger partial charge in [0.15, 0.2) is 0 Å². The normalized spacial score (nSPS) is 12.2. The topological polar surface area (TPSA) is 104 Å². The van der Waals surface area contributed by atoms with Crippen LogP contribution >= 0.6 is 0 Å². The van der Waals surface area contributed by atoms with Crippen molar-refractivity contribution in [3.63, 3.8) is 0 Å². The van der Waals surface area contributed by atoms with E-state index in [0.29, 0.717) is 12.1 Å². The average molecular weight is 274 g/mol. The predicted molar refractivity (Wildman–Crippen MR) is 76.5 cm³/mol. The third-order valence-corrected chi connectivity index (χ3v) is 3.11. The summed E-state index contributed by atoms with van der Waals surface area (Å²) in [7, 11) is 0. The zero-order valence-corrected chi connectivity index (χ0v) is 11.5. The quantitative estimate of drug-likeness (QED) is 0.673. The van der Waals surface area contributed by atoms with Crippen LogP contribution in [0.15, 0.2) is 24.3 Å². The Kier molecular flexibility index (Phi) is 4.05. The summed E-state index contributed by atoms with van der Waals surface area (Å²) in [5.74, 6) is -0.0675. The van der Waals surface area contributed by atoms with Crippen LogP contribution < -0.4 is 11.1 Å². The van der Waals surface area contributed by atoms with E-state index in [1.807, 2.05) is 13.8 Å². The highest BCUT2D eigenvalue weighted by Gasteiger charge is 2.17. The highest BCUT2D eigenvalue weighted by atomic mass is 16.3. The zero-order chi connectivity index (χ0) is 14.7. The van der Waals surface area contributed by atoms with Gasteiger partial charge in [0.25, 0.3) is 0 Å². The van der Waals surface area contributed by atoms with Crippen molar-refractivity contribution in [1.82, 2.24) is 10.2 Å². The van der Waals surface area contributed by atoms with Gasteiger partial charge in [-0.05, 0) is 38.0 Å². The van der Waals surface area contributed by atoms with Gasteiger partial charge < -0.3 is 16.2 Å². The SMILES string of the molecule is Cc1n[nH]c(C)c1NC(=O)[C@H](N)Cc1ccc(O)cc1. The minimum atomic E-state index is -0.659. The molecule has 1 atom stereocenters. The van der Waals surface area contributed by atoms with Gasteiger partial charge >= 0.3 is 0 Å². The number of phenols is 1. The molecule has 1 aromatic heterocycles. The summed E-state index contributed by atoms with van der Waals surface area (Å²) in [4.78, 5) is 12.1. The molecule has 1 heterocycles. The molecule has 6 nitrogen and oxygen atoms in total. The largest absolute Gasteiger partial charge is 0.508 e. The molecule has 0 aliphatic rings. The fraction of sp³-hybridized carbons (Fsp3) is 0.286. The van der Waals surface area contributed by atoms with Crippen molar-refractivity contribution < 1.29 is 9.90 Å². The fourth-order valence-corrected chi connectivity index (χ4v) is 1.93. The van der Waals surface area contributed by atoms with Gasteiger partial charge in [0, 0.05) is 0 Å². The number of benzene rings is 1. The Morgan fingerprint density at radius 1 is 1.40 bits per heavy atom. The molecule has 0 radical (unpaired) electrons. The van der Waals surface area contributed by atoms with Gasteiger partial charge in [-0.25, -0.2) is 0 Å². The van der Waals surface area contributed by atoms with Crippen molar-refractivity contribution in [2.45, 2.75) is 26.3 Å². The molecule has 1 amide bonds. The molecular weight excluding hydrogens is 256 g/mol. The maximum absolute atomic E-state index is 12.1. The molecule has 0 unspecified atom stereocenters. The molecule has 2 aromatic rings. The Morgan fingerprint density at radius 2 is 2.05 bits per heavy atom. The Bertz CT molecular complexity index is 585. The Hall–Kier alpha value is -2.34. The van der Waals surface area contributed by atoms with Crippen LogP contribution in [0.2, 0.25) is 0 Å². The summed E-state index contributed by atoms with van der Waals surface area (Å²) in [5.41, 5.74) is 9.00. The van der Waals surface area contributed by atoms with E-state index in [0.717, 1.165) is 17.0 Å². The summed E-state index contributed by atoms with van der Waals surface area (Å²) in [6.07, 6.45) is 0.405. The van der Waals surface area contributed by atoms with E-state index in [1.54, 1.807) is 24.3 Å². The van der Waals surface area contributed by atoms with Crippen molar-refractivity contribution in [2.75, 3.05) is 5.32 Å². The number of aryl methyl sites for hydroxylation is 2. The summed E-state index contributed by atoms with van der Waals surface area (Å²) >= 11 is 0. The maximum atomic E-state index is 12.1. The molecule has 0 fully saturated rings. The molecule has 0 saturated heterocycles. The number of rotatable bonds is 4. The first-order valence-corrected chi connectivity index (χ1v) is 6.33. The number of nitrogens with zero attached hydrogens (tertiary/aromatic N) is 1. The standard InChI is InChI=1S/C14H18N4O2/c1-8-13(9(2)18-17-8)16-14(20)12(15)7-10-3-5-11(19)6-4-10/h3-6,12,19H,7,15H2,1-2H3,(H,16,20)(H,17,18)/t12-/m1/s1. The second-order valence-corrected chi connectivity index (χ2v) is 4.78. The Balaban J connectivity index is 2.00. The molecule has 106 valence electrons. The molecule has 1 aromatic carbocycles. The monoisotopic (exact) mass is 274 g/mol. The molecular formula is C14H18N4O2. The van der Waals surface area contributed by atoms with Crippen LogP contribution in [0, 0.1) is 13.8 Å². The van der Waals surface area contributed by atoms with Gasteiger partial charge in [-0.3, -0.25) is 9.89 Å². The van der Waals surface area contributed by atoms with Crippen molar-refractivity contribution in [3.8, 4) is 5.75 Å². The number of anilines is 1. The van der Waals surface area contributed by atoms with E-state index in [4.69, 9.17) is 5.73 Å². The lowest BCUT2D eigenvalue weighted by Gasteiger charge is -2.12. The van der Waals surface area contributed by atoms with Crippen LogP contribution in [0.5, 0.6) is 5.75 Å². The van der Waals surface area contributed by atoms with E-state index in [1.165, 1.54) is 0 Å². The number of nitrogens with two attached hydrogens (primary N) is 1. The zero-order valence-electron chi connectivity index (χ0n) is 11.5. The van der Waals surface area contributed by atoms with Gasteiger partial charge in [0.2, 0.25) is 5.91 Å². The summed E-state index contributed by atoms with van der Waals surface area (Å²) < 4.78 is 0. The second kappa shape index (κ2) is 5.75. The second-order valence-electron chi connectivity index (χ2n) is 4.78. The van der Waals surface area contributed by atoms with Gasteiger partial charge in [-0.1, -0.05) is 12.1 Å². The van der Waals surface area contributed by atoms with E-state index < -0.39 is 6.04 Å². The van der Waals surface area contributed by atoms with Crippen molar-refractivity contribution in [2.24, 2.45) is 5.73 Å². The number of carbonyl (C=O) groups excluding carboxylic acids is 1. The molecule has 0 aliphatic carbocycles. The number of nitrogens with one attached hydrogen (secondary N) is 2. The van der Waals surface area contributed by atoms with Gasteiger partial charge in [-0.15, -0.1) is 0 Å². The number of amides is 1. The summed E-state index contributed by atoms with van der Waals surface area (Å²) in [6, 6.07) is 5.98. The molecule has 20 heavy (non-hydrogen) atoms. The van der Waals surface area contributed by atoms with Gasteiger partial charge in [0.1, 0.15) is 5.75 Å². The maximum Gasteiger partial charge on any atom is 0.241 e. The predicted octanol–water partition coefficient (Wildman–Crippen LogP) is 1.24. The van der Waals surface area contributed by atoms with Crippen LogP contribution in [-0.4, -0.2) is 27.3 Å². The highest BCUT2D eigenvalue weighted by Crippen LogP contribution is 2.17. The number of aromatic hydroxyl groups is 1. The summed E-state index contributed by atoms with van der Waals surface area (Å²) in [5, 5.41) is 18.8. The number of aromatic amines is 1. The lowest BCUT2D eigenvalue weighted by molar-refractivity contribution is -0.117. The Labute approximate surface area is 117 Å². The molecule has 5 N–H and O–H groups in total. The lowest BCUT2D eigenvalue weighted by atomic mass is 10.1. The first kappa shape index (κ1) is 14.1. The van der Waals surface area contributed by atoms with Crippen LogP contribution in [0.3, 0.4) is 0 Å². The van der Waals surface area contributed by atoms with E-state index in [-0.39, 0.29) is 11.7 Å². The smallest absolute Gasteiger partial charge is 0.241 e. The molecule has 6 heteroatoms. The lowest BCUT2D eigenvalue weighted by Crippen LogP contribution is -2.37. The van der Waals surface area contributed by atoms with Crippen LogP contribution in [0.4, 0.5) is 5.69 Å². The third-order valence-electron chi connectivity index (χ3n) is 3.11. The molecule has 0 saturated carbocycles.